The average Bonchev–Trinajstić information content (AvgIpc) is 2.72. The van der Waals surface area contributed by atoms with Gasteiger partial charge in [0.2, 0.25) is 0 Å². The monoisotopic (exact) mass is 385 g/mol. The van der Waals surface area contributed by atoms with Crippen molar-refractivity contribution >= 4 is 34.4 Å². The molecule has 27 heavy (non-hydrogen) atoms. The summed E-state index contributed by atoms with van der Waals surface area (Å²) >= 11 is 5.50. The van der Waals surface area contributed by atoms with E-state index < -0.39 is 0 Å². The van der Waals surface area contributed by atoms with Crippen molar-refractivity contribution in [1.29, 1.82) is 0 Å². The summed E-state index contributed by atoms with van der Waals surface area (Å²) in [6.07, 6.45) is 5.57. The highest BCUT2D eigenvalue weighted by atomic mass is 32.1. The molecule has 0 bridgehead atoms. The molecule has 1 fully saturated rings. The standard InChI is InChI=1S/C18H20FN7S/c19-13-10-16-17(22-11-13)15(3-5-21-16)23-24-18(27)26-8-6-25(7-9-26)14-2-1-4-20-12-14/h1-2,4,10-12,21H,3,5-9H2,(H,24,27)/b23-15-. The van der Waals surface area contributed by atoms with E-state index in [2.05, 4.69) is 41.7 Å². The van der Waals surface area contributed by atoms with Gasteiger partial charge in [-0.25, -0.2) is 9.37 Å². The number of hydrogen-bond donors (Lipinski definition) is 2. The van der Waals surface area contributed by atoms with E-state index in [1.54, 1.807) is 6.20 Å². The van der Waals surface area contributed by atoms with E-state index in [9.17, 15) is 4.39 Å². The summed E-state index contributed by atoms with van der Waals surface area (Å²) in [6, 6.07) is 5.45. The quantitative estimate of drug-likeness (QED) is 0.604. The fraction of sp³-hybridized carbons (Fsp3) is 0.333. The highest BCUT2D eigenvalue weighted by molar-refractivity contribution is 7.80. The molecule has 2 aliphatic heterocycles. The highest BCUT2D eigenvalue weighted by Crippen LogP contribution is 2.20. The second-order valence-electron chi connectivity index (χ2n) is 6.39. The van der Waals surface area contributed by atoms with Crippen molar-refractivity contribution in [3.63, 3.8) is 0 Å². The van der Waals surface area contributed by atoms with Gasteiger partial charge in [0.15, 0.2) is 5.11 Å². The first-order valence-corrected chi connectivity index (χ1v) is 9.28. The van der Waals surface area contributed by atoms with Gasteiger partial charge in [0.1, 0.15) is 11.5 Å². The Balaban J connectivity index is 1.36. The third-order valence-electron chi connectivity index (χ3n) is 4.67. The van der Waals surface area contributed by atoms with Crippen LogP contribution < -0.4 is 15.6 Å². The van der Waals surface area contributed by atoms with Gasteiger partial charge in [-0.1, -0.05) is 0 Å². The minimum Gasteiger partial charge on any atom is -0.383 e. The smallest absolute Gasteiger partial charge is 0.189 e. The van der Waals surface area contributed by atoms with Crippen LogP contribution in [0.25, 0.3) is 0 Å². The molecular formula is C18H20FN7S. The van der Waals surface area contributed by atoms with Gasteiger partial charge in [-0.15, -0.1) is 0 Å². The molecule has 2 aliphatic rings. The molecule has 0 amide bonds. The molecular weight excluding hydrogens is 365 g/mol. The summed E-state index contributed by atoms with van der Waals surface area (Å²) in [6.45, 7) is 4.06. The second-order valence-corrected chi connectivity index (χ2v) is 6.77. The predicted octanol–water partition coefficient (Wildman–Crippen LogP) is 1.83. The largest absolute Gasteiger partial charge is 0.383 e. The van der Waals surface area contributed by atoms with E-state index in [4.69, 9.17) is 12.2 Å². The van der Waals surface area contributed by atoms with Crippen molar-refractivity contribution in [2.45, 2.75) is 6.42 Å². The van der Waals surface area contributed by atoms with Crippen molar-refractivity contribution in [2.24, 2.45) is 5.10 Å². The first-order valence-electron chi connectivity index (χ1n) is 8.87. The maximum Gasteiger partial charge on any atom is 0.189 e. The van der Waals surface area contributed by atoms with Crippen LogP contribution in [0.4, 0.5) is 15.8 Å². The lowest BCUT2D eigenvalue weighted by atomic mass is 10.1. The molecule has 2 aromatic rings. The summed E-state index contributed by atoms with van der Waals surface area (Å²) < 4.78 is 13.3. The molecule has 0 atom stereocenters. The lowest BCUT2D eigenvalue weighted by molar-refractivity contribution is 0.381. The molecule has 7 nitrogen and oxygen atoms in total. The maximum atomic E-state index is 13.3. The van der Waals surface area contributed by atoms with Gasteiger partial charge >= 0.3 is 0 Å². The Kier molecular flexibility index (Phi) is 5.10. The number of hydrazone groups is 1. The zero-order valence-corrected chi connectivity index (χ0v) is 15.5. The molecule has 0 saturated carbocycles. The van der Waals surface area contributed by atoms with Crippen LogP contribution in [0.2, 0.25) is 0 Å². The zero-order valence-electron chi connectivity index (χ0n) is 14.7. The zero-order chi connectivity index (χ0) is 18.6. The Bertz CT molecular complexity index is 850. The van der Waals surface area contributed by atoms with Crippen molar-refractivity contribution < 1.29 is 4.39 Å². The van der Waals surface area contributed by atoms with Gasteiger partial charge in [-0.2, -0.15) is 5.10 Å². The van der Waals surface area contributed by atoms with Crippen LogP contribution >= 0.6 is 12.2 Å². The van der Waals surface area contributed by atoms with Crippen LogP contribution in [0, 0.1) is 5.82 Å². The van der Waals surface area contributed by atoms with Crippen LogP contribution in [0.1, 0.15) is 12.1 Å². The molecule has 2 aromatic heterocycles. The van der Waals surface area contributed by atoms with Crippen molar-refractivity contribution in [2.75, 3.05) is 42.9 Å². The molecule has 140 valence electrons. The van der Waals surface area contributed by atoms with Gasteiger partial charge < -0.3 is 15.1 Å². The Morgan fingerprint density at radius 2 is 2.11 bits per heavy atom. The first kappa shape index (κ1) is 17.6. The number of rotatable bonds is 2. The molecule has 4 rings (SSSR count). The van der Waals surface area contributed by atoms with Gasteiger partial charge in [0, 0.05) is 51.4 Å². The summed E-state index contributed by atoms with van der Waals surface area (Å²) in [4.78, 5) is 12.7. The van der Waals surface area contributed by atoms with E-state index in [1.165, 1.54) is 12.3 Å². The molecule has 2 N–H and O–H groups in total. The fourth-order valence-electron chi connectivity index (χ4n) is 3.24. The minimum atomic E-state index is -0.363. The summed E-state index contributed by atoms with van der Waals surface area (Å²) in [5, 5.41) is 8.17. The van der Waals surface area contributed by atoms with Crippen LogP contribution in [-0.2, 0) is 0 Å². The van der Waals surface area contributed by atoms with Crippen LogP contribution in [0.5, 0.6) is 0 Å². The third kappa shape index (κ3) is 3.97. The number of nitrogens with one attached hydrogen (secondary N) is 2. The van der Waals surface area contributed by atoms with Crippen LogP contribution in [0.3, 0.4) is 0 Å². The number of thiocarbonyl (C=S) groups is 1. The average molecular weight is 385 g/mol. The molecule has 0 aromatic carbocycles. The second kappa shape index (κ2) is 7.83. The van der Waals surface area contributed by atoms with Gasteiger partial charge in [-0.05, 0) is 24.4 Å². The van der Waals surface area contributed by atoms with Crippen molar-refractivity contribution in [1.82, 2.24) is 20.3 Å². The Hall–Kier alpha value is -2.81. The van der Waals surface area contributed by atoms with Gasteiger partial charge in [-0.3, -0.25) is 10.4 Å². The number of aromatic nitrogens is 2. The molecule has 0 spiro atoms. The van der Waals surface area contributed by atoms with E-state index in [0.717, 1.165) is 37.6 Å². The number of pyridine rings is 2. The minimum absolute atomic E-state index is 0.363. The number of nitrogens with zero attached hydrogens (tertiary/aromatic N) is 5. The lowest BCUT2D eigenvalue weighted by Crippen LogP contribution is -2.51. The summed E-state index contributed by atoms with van der Waals surface area (Å²) in [5.74, 6) is -0.363. The van der Waals surface area contributed by atoms with Crippen molar-refractivity contribution in [3.05, 3.63) is 48.3 Å². The SMILES string of the molecule is Fc1cnc2c(c1)NCC/C2=N/NC(=S)N1CCN(c2cccnc2)CC1. The summed E-state index contributed by atoms with van der Waals surface area (Å²) in [7, 11) is 0. The van der Waals surface area contributed by atoms with Gasteiger partial charge in [0.25, 0.3) is 0 Å². The van der Waals surface area contributed by atoms with Crippen molar-refractivity contribution in [3.8, 4) is 0 Å². The Morgan fingerprint density at radius 1 is 1.26 bits per heavy atom. The third-order valence-corrected chi connectivity index (χ3v) is 5.02. The van der Waals surface area contributed by atoms with Crippen LogP contribution in [0.15, 0.2) is 41.9 Å². The van der Waals surface area contributed by atoms with E-state index in [0.29, 0.717) is 29.5 Å². The molecule has 0 unspecified atom stereocenters. The molecule has 4 heterocycles. The molecule has 1 saturated heterocycles. The Labute approximate surface area is 162 Å². The number of piperazine rings is 1. The first-order chi connectivity index (χ1) is 13.2. The number of fused-ring (bicyclic) bond motifs is 1. The highest BCUT2D eigenvalue weighted by Gasteiger charge is 2.21. The van der Waals surface area contributed by atoms with E-state index >= 15 is 0 Å². The number of halogens is 1. The van der Waals surface area contributed by atoms with E-state index in [1.807, 2.05) is 12.3 Å². The number of hydrogen-bond acceptors (Lipinski definition) is 6. The van der Waals surface area contributed by atoms with Gasteiger partial charge in [0.05, 0.1) is 29.5 Å². The van der Waals surface area contributed by atoms with Crippen LogP contribution in [-0.4, -0.2) is 58.4 Å². The number of anilines is 2. The summed E-state index contributed by atoms with van der Waals surface area (Å²) in [5.41, 5.74) is 6.22. The van der Waals surface area contributed by atoms with E-state index in [-0.39, 0.29) is 5.82 Å². The maximum absolute atomic E-state index is 13.3. The predicted molar refractivity (Wildman–Crippen MR) is 108 cm³/mol. The normalized spacial score (nSPS) is 18.0. The topological polar surface area (TPSA) is 68.7 Å². The lowest BCUT2D eigenvalue weighted by Gasteiger charge is -2.36. The molecule has 9 heteroatoms. The fourth-order valence-corrected chi connectivity index (χ4v) is 3.47. The molecule has 0 aliphatic carbocycles. The Morgan fingerprint density at radius 3 is 2.89 bits per heavy atom. The molecule has 0 radical (unpaired) electrons.